The van der Waals surface area contributed by atoms with E-state index >= 15 is 0 Å². The molecule has 0 aliphatic heterocycles. The molecule has 0 aliphatic rings. The normalized spacial score (nSPS) is 11.2. The molecule has 2 aromatic rings. The molecule has 118 valence electrons. The maximum atomic E-state index is 12.4. The minimum Gasteiger partial charge on any atom is -0.492 e. The molecular weight excluding hydrogens is 390 g/mol. The number of nitrogens with one attached hydrogen (secondary N) is 1. The number of ether oxygens (including phenoxy) is 1. The second-order valence-corrected chi connectivity index (χ2v) is 7.53. The van der Waals surface area contributed by atoms with Gasteiger partial charge in [0.1, 0.15) is 5.75 Å². The van der Waals surface area contributed by atoms with Crippen LogP contribution in [0.5, 0.6) is 5.75 Å². The van der Waals surface area contributed by atoms with Gasteiger partial charge in [0.2, 0.25) is 0 Å². The van der Waals surface area contributed by atoms with Crippen molar-refractivity contribution < 1.29 is 13.2 Å². The third-order valence-corrected chi connectivity index (χ3v) is 5.06. The lowest BCUT2D eigenvalue weighted by molar-refractivity contribution is 0.314. The maximum absolute atomic E-state index is 12.4. The first-order valence-electron chi connectivity index (χ1n) is 6.63. The Balaban J connectivity index is 2.27. The van der Waals surface area contributed by atoms with Gasteiger partial charge >= 0.3 is 0 Å². The zero-order valence-electron chi connectivity index (χ0n) is 11.8. The van der Waals surface area contributed by atoms with Crippen molar-refractivity contribution in [2.75, 3.05) is 11.3 Å². The molecule has 0 saturated heterocycles. The fourth-order valence-corrected chi connectivity index (χ4v) is 3.27. The number of sulfonamides is 1. The molecule has 0 saturated carbocycles. The fraction of sp³-hybridized carbons (Fsp3) is 0.200. The summed E-state index contributed by atoms with van der Waals surface area (Å²) in [5, 5.41) is 0.543. The van der Waals surface area contributed by atoms with Gasteiger partial charge in [-0.05, 0) is 58.7 Å². The van der Waals surface area contributed by atoms with E-state index in [-0.39, 0.29) is 4.90 Å². The predicted octanol–water partition coefficient (Wildman–Crippen LogP) is 4.69. The molecule has 0 spiro atoms. The van der Waals surface area contributed by atoms with Crippen LogP contribution in [0.15, 0.2) is 51.8 Å². The minimum atomic E-state index is -3.68. The Morgan fingerprint density at radius 3 is 2.50 bits per heavy atom. The quantitative estimate of drug-likeness (QED) is 0.759. The number of benzene rings is 2. The highest BCUT2D eigenvalue weighted by Crippen LogP contribution is 2.29. The van der Waals surface area contributed by atoms with Crippen LogP contribution in [-0.2, 0) is 10.0 Å². The summed E-state index contributed by atoms with van der Waals surface area (Å²) in [7, 11) is -3.68. The molecule has 1 N–H and O–H groups in total. The lowest BCUT2D eigenvalue weighted by atomic mass is 10.3. The molecule has 0 radical (unpaired) electrons. The summed E-state index contributed by atoms with van der Waals surface area (Å²) in [6, 6.07) is 11.1. The van der Waals surface area contributed by atoms with E-state index in [9.17, 15) is 8.42 Å². The lowest BCUT2D eigenvalue weighted by Gasteiger charge is -2.11. The van der Waals surface area contributed by atoms with Crippen molar-refractivity contribution in [1.29, 1.82) is 0 Å². The van der Waals surface area contributed by atoms with Gasteiger partial charge in [0.05, 0.1) is 16.0 Å². The van der Waals surface area contributed by atoms with Crippen LogP contribution in [0.4, 0.5) is 5.69 Å². The van der Waals surface area contributed by atoms with Crippen LogP contribution in [0.1, 0.15) is 13.3 Å². The highest BCUT2D eigenvalue weighted by atomic mass is 79.9. The highest BCUT2D eigenvalue weighted by molar-refractivity contribution is 9.10. The van der Waals surface area contributed by atoms with Crippen LogP contribution in [0.3, 0.4) is 0 Å². The first-order chi connectivity index (χ1) is 10.4. The van der Waals surface area contributed by atoms with Crippen LogP contribution in [0.2, 0.25) is 5.02 Å². The minimum absolute atomic E-state index is 0.136. The van der Waals surface area contributed by atoms with E-state index in [1.54, 1.807) is 30.3 Å². The Labute approximate surface area is 143 Å². The second-order valence-electron chi connectivity index (χ2n) is 4.55. The summed E-state index contributed by atoms with van der Waals surface area (Å²) < 4.78 is 33.6. The zero-order valence-corrected chi connectivity index (χ0v) is 15.0. The zero-order chi connectivity index (χ0) is 16.2. The Kier molecular flexibility index (Phi) is 5.72. The largest absolute Gasteiger partial charge is 0.492 e. The molecule has 0 fully saturated rings. The monoisotopic (exact) mass is 403 g/mol. The molecule has 0 amide bonds. The van der Waals surface area contributed by atoms with Crippen LogP contribution >= 0.6 is 27.5 Å². The molecule has 0 aliphatic carbocycles. The molecule has 2 rings (SSSR count). The Bertz CT molecular complexity index is 748. The summed E-state index contributed by atoms with van der Waals surface area (Å²) in [6.07, 6.45) is 0.840. The summed E-state index contributed by atoms with van der Waals surface area (Å²) in [5.41, 5.74) is 0.448. The van der Waals surface area contributed by atoms with Gasteiger partial charge in [-0.3, -0.25) is 4.72 Å². The van der Waals surface area contributed by atoms with Crippen molar-refractivity contribution in [2.45, 2.75) is 18.2 Å². The van der Waals surface area contributed by atoms with E-state index < -0.39 is 10.0 Å². The van der Waals surface area contributed by atoms with Gasteiger partial charge in [-0.15, -0.1) is 0 Å². The van der Waals surface area contributed by atoms with Crippen molar-refractivity contribution in [2.24, 2.45) is 0 Å². The van der Waals surface area contributed by atoms with Gasteiger partial charge in [-0.2, -0.15) is 0 Å². The van der Waals surface area contributed by atoms with Crippen molar-refractivity contribution in [3.05, 3.63) is 52.0 Å². The van der Waals surface area contributed by atoms with Crippen molar-refractivity contribution in [3.63, 3.8) is 0 Å². The van der Waals surface area contributed by atoms with Crippen LogP contribution in [0, 0.1) is 0 Å². The number of hydrogen-bond acceptors (Lipinski definition) is 3. The van der Waals surface area contributed by atoms with Crippen LogP contribution in [0.25, 0.3) is 0 Å². The standard InChI is InChI=1S/C15H15BrClNO3S/c1-2-9-21-15-10-13(7-8-14(15)16)22(19,20)18-12-5-3-11(17)4-6-12/h3-8,10,18H,2,9H2,1H3. The van der Waals surface area contributed by atoms with Crippen LogP contribution < -0.4 is 9.46 Å². The Morgan fingerprint density at radius 2 is 1.86 bits per heavy atom. The maximum Gasteiger partial charge on any atom is 0.262 e. The SMILES string of the molecule is CCCOc1cc(S(=O)(=O)Nc2ccc(Cl)cc2)ccc1Br. The first-order valence-corrected chi connectivity index (χ1v) is 9.28. The van der Waals surface area contributed by atoms with Gasteiger partial charge in [0.25, 0.3) is 10.0 Å². The Morgan fingerprint density at radius 1 is 1.18 bits per heavy atom. The van der Waals surface area contributed by atoms with Crippen molar-refractivity contribution >= 4 is 43.2 Å². The summed E-state index contributed by atoms with van der Waals surface area (Å²) in [4.78, 5) is 0.136. The van der Waals surface area contributed by atoms with E-state index in [1.165, 1.54) is 12.1 Å². The second kappa shape index (κ2) is 7.35. The number of hydrogen-bond donors (Lipinski definition) is 1. The average molecular weight is 405 g/mol. The first kappa shape index (κ1) is 17.1. The molecule has 22 heavy (non-hydrogen) atoms. The fourth-order valence-electron chi connectivity index (χ4n) is 1.71. The summed E-state index contributed by atoms with van der Waals surface area (Å²) in [6.45, 7) is 2.50. The van der Waals surface area contributed by atoms with Gasteiger partial charge < -0.3 is 4.74 Å². The predicted molar refractivity (Wildman–Crippen MR) is 92.2 cm³/mol. The lowest BCUT2D eigenvalue weighted by Crippen LogP contribution is -2.13. The van der Waals surface area contributed by atoms with Crippen LogP contribution in [-0.4, -0.2) is 15.0 Å². The number of rotatable bonds is 6. The van der Waals surface area contributed by atoms with E-state index in [0.717, 1.165) is 6.42 Å². The molecule has 0 heterocycles. The third-order valence-electron chi connectivity index (χ3n) is 2.77. The number of halogens is 2. The van der Waals surface area contributed by atoms with Crippen molar-refractivity contribution in [3.8, 4) is 5.75 Å². The van der Waals surface area contributed by atoms with Gasteiger partial charge in [-0.1, -0.05) is 18.5 Å². The highest BCUT2D eigenvalue weighted by Gasteiger charge is 2.16. The van der Waals surface area contributed by atoms with E-state index in [2.05, 4.69) is 20.7 Å². The summed E-state index contributed by atoms with van der Waals surface area (Å²) in [5.74, 6) is 0.501. The van der Waals surface area contributed by atoms with Crippen molar-refractivity contribution in [1.82, 2.24) is 0 Å². The third kappa shape index (κ3) is 4.38. The smallest absolute Gasteiger partial charge is 0.262 e. The molecule has 7 heteroatoms. The summed E-state index contributed by atoms with van der Waals surface area (Å²) >= 11 is 9.13. The van der Waals surface area contributed by atoms with E-state index in [0.29, 0.717) is 27.5 Å². The number of anilines is 1. The molecule has 0 unspecified atom stereocenters. The molecule has 0 bridgehead atoms. The molecule has 2 aromatic carbocycles. The molecule has 4 nitrogen and oxygen atoms in total. The van der Waals surface area contributed by atoms with Gasteiger partial charge in [0.15, 0.2) is 0 Å². The average Bonchev–Trinajstić information content (AvgIpc) is 2.48. The van der Waals surface area contributed by atoms with E-state index in [4.69, 9.17) is 16.3 Å². The molecule has 0 aromatic heterocycles. The Hall–Kier alpha value is -1.24. The molecular formula is C15H15BrClNO3S. The van der Waals surface area contributed by atoms with E-state index in [1.807, 2.05) is 6.92 Å². The molecule has 0 atom stereocenters. The topological polar surface area (TPSA) is 55.4 Å². The van der Waals surface area contributed by atoms with Gasteiger partial charge in [-0.25, -0.2) is 8.42 Å². The van der Waals surface area contributed by atoms with Gasteiger partial charge in [0, 0.05) is 16.8 Å².